The average Bonchev–Trinajstić information content (AvgIpc) is 3.03. The van der Waals surface area contributed by atoms with Crippen molar-refractivity contribution in [2.75, 3.05) is 0 Å². The van der Waals surface area contributed by atoms with Crippen LogP contribution in [0.4, 0.5) is 35.1 Å². The van der Waals surface area contributed by atoms with E-state index in [1.165, 1.54) is 6.07 Å². The highest BCUT2D eigenvalue weighted by Crippen LogP contribution is 2.47. The van der Waals surface area contributed by atoms with E-state index in [1.807, 2.05) is 0 Å². The molecule has 1 aromatic heterocycles. The molecule has 1 N–H and O–H groups in total. The number of benzene rings is 1. The van der Waals surface area contributed by atoms with Gasteiger partial charge in [0.2, 0.25) is 0 Å². The molecule has 0 saturated carbocycles. The van der Waals surface area contributed by atoms with Crippen LogP contribution in [0.2, 0.25) is 0 Å². The summed E-state index contributed by atoms with van der Waals surface area (Å²) in [4.78, 5) is -1.68. The zero-order valence-electron chi connectivity index (χ0n) is 14.9. The summed E-state index contributed by atoms with van der Waals surface area (Å²) in [6.45, 7) is 0. The lowest BCUT2D eigenvalue weighted by Crippen LogP contribution is -2.34. The van der Waals surface area contributed by atoms with E-state index in [-0.39, 0.29) is 6.20 Å². The van der Waals surface area contributed by atoms with Crippen LogP contribution in [-0.4, -0.2) is 29.5 Å². The Labute approximate surface area is 169 Å². The zero-order chi connectivity index (χ0) is 23.6. The van der Waals surface area contributed by atoms with Crippen LogP contribution in [-0.2, 0) is 22.4 Å². The first-order valence-electron chi connectivity index (χ1n) is 8.25. The molecule has 1 heterocycles. The molecule has 2 aromatic rings. The Morgan fingerprint density at radius 2 is 1.77 bits per heavy atom. The summed E-state index contributed by atoms with van der Waals surface area (Å²) in [6, 6.07) is 3.26. The zero-order valence-corrected chi connectivity index (χ0v) is 15.7. The van der Waals surface area contributed by atoms with Crippen LogP contribution in [0.1, 0.15) is 34.9 Å². The minimum Gasteiger partial charge on any atom is -0.382 e. The molecule has 168 valence electrons. The molecule has 3 rings (SSSR count). The first-order chi connectivity index (χ1) is 14.0. The molecule has 0 amide bonds. The Kier molecular flexibility index (Phi) is 5.14. The molecule has 0 fully saturated rings. The van der Waals surface area contributed by atoms with Crippen molar-refractivity contribution in [2.45, 2.75) is 41.4 Å². The van der Waals surface area contributed by atoms with Gasteiger partial charge in [0.15, 0.2) is 0 Å². The normalized spacial score (nSPS) is 19.0. The Hall–Kier alpha value is -2.66. The number of hydrogen-bond donors (Lipinski definition) is 1. The summed E-state index contributed by atoms with van der Waals surface area (Å²) in [5.74, 6) is -3.96. The largest absolute Gasteiger partial charge is 0.501 e. The number of aliphatic hydroxyl groups excluding tert-OH is 1. The molecular weight excluding hydrogens is 464 g/mol. The predicted molar refractivity (Wildman–Crippen MR) is 87.0 cm³/mol. The second-order valence-corrected chi connectivity index (χ2v) is 8.59. The van der Waals surface area contributed by atoms with Crippen LogP contribution in [0.3, 0.4) is 0 Å². The summed E-state index contributed by atoms with van der Waals surface area (Å²) >= 11 is 0. The molecule has 5 nitrogen and oxygen atoms in total. The van der Waals surface area contributed by atoms with Crippen molar-refractivity contribution < 1.29 is 48.6 Å². The van der Waals surface area contributed by atoms with Crippen molar-refractivity contribution in [3.63, 3.8) is 0 Å². The lowest BCUT2D eigenvalue weighted by molar-refractivity contribution is -0.137. The number of halogens is 8. The molecule has 31 heavy (non-hydrogen) atoms. The van der Waals surface area contributed by atoms with Crippen molar-refractivity contribution in [3.8, 4) is 11.8 Å². The highest BCUT2D eigenvalue weighted by Gasteiger charge is 2.54. The van der Waals surface area contributed by atoms with E-state index in [0.717, 1.165) is 6.07 Å². The number of fused-ring (bicyclic) bond motifs is 1. The van der Waals surface area contributed by atoms with Crippen molar-refractivity contribution >= 4 is 9.84 Å². The van der Waals surface area contributed by atoms with Gasteiger partial charge in [0.25, 0.3) is 15.8 Å². The van der Waals surface area contributed by atoms with Crippen molar-refractivity contribution in [1.82, 2.24) is 4.57 Å². The van der Waals surface area contributed by atoms with Gasteiger partial charge >= 0.3 is 11.7 Å². The third-order valence-corrected chi connectivity index (χ3v) is 6.30. The quantitative estimate of drug-likeness (QED) is 0.659. The minimum atomic E-state index is -6.23. The molecule has 0 radical (unpaired) electrons. The molecule has 1 aliphatic carbocycles. The van der Waals surface area contributed by atoms with Gasteiger partial charge in [0, 0.05) is 29.6 Å². The molecule has 0 spiro atoms. The summed E-state index contributed by atoms with van der Waals surface area (Å²) in [5.41, 5.74) is -10.5. The van der Waals surface area contributed by atoms with E-state index in [1.54, 1.807) is 0 Å². The van der Waals surface area contributed by atoms with E-state index in [9.17, 15) is 48.6 Å². The van der Waals surface area contributed by atoms with E-state index >= 15 is 0 Å². The topological polar surface area (TPSA) is 83.1 Å². The SMILES string of the molecule is N#Cc1ccc(-n2cc(S(=O)(=O)C(F)(F)F)c3c2CCC(F)(F)[C@H]3O)cc1C(F)(F)F. The Balaban J connectivity index is 2.35. The van der Waals surface area contributed by atoms with Gasteiger partial charge in [-0.25, -0.2) is 17.2 Å². The number of aromatic nitrogens is 1. The number of hydrogen-bond acceptors (Lipinski definition) is 4. The van der Waals surface area contributed by atoms with Crippen LogP contribution in [0.25, 0.3) is 5.69 Å². The monoisotopic (exact) mass is 474 g/mol. The third kappa shape index (κ3) is 3.65. The summed E-state index contributed by atoms with van der Waals surface area (Å²) in [5, 5.41) is 18.8. The van der Waals surface area contributed by atoms with Gasteiger partial charge < -0.3 is 9.67 Å². The maximum absolute atomic E-state index is 14.0. The highest BCUT2D eigenvalue weighted by atomic mass is 32.2. The van der Waals surface area contributed by atoms with Gasteiger partial charge in [-0.15, -0.1) is 0 Å². The van der Waals surface area contributed by atoms with Gasteiger partial charge in [-0.1, -0.05) is 0 Å². The summed E-state index contributed by atoms with van der Waals surface area (Å²) in [6.07, 6.45) is -9.53. The van der Waals surface area contributed by atoms with Gasteiger partial charge in [-0.2, -0.15) is 31.6 Å². The fourth-order valence-corrected chi connectivity index (χ4v) is 4.31. The molecule has 0 saturated heterocycles. The highest BCUT2D eigenvalue weighted by molar-refractivity contribution is 7.92. The van der Waals surface area contributed by atoms with Gasteiger partial charge in [0.1, 0.15) is 11.0 Å². The first-order valence-corrected chi connectivity index (χ1v) is 9.73. The van der Waals surface area contributed by atoms with Crippen molar-refractivity contribution in [1.29, 1.82) is 5.26 Å². The predicted octanol–water partition coefficient (Wildman–Crippen LogP) is 4.28. The first kappa shape index (κ1) is 23.0. The van der Waals surface area contributed by atoms with Crippen molar-refractivity contribution in [2.24, 2.45) is 0 Å². The van der Waals surface area contributed by atoms with Crippen LogP contribution in [0, 0.1) is 11.3 Å². The van der Waals surface area contributed by atoms with Crippen molar-refractivity contribution in [3.05, 3.63) is 46.8 Å². The second-order valence-electron chi connectivity index (χ2n) is 6.68. The maximum atomic E-state index is 14.0. The fourth-order valence-electron chi connectivity index (χ4n) is 3.30. The standard InChI is InChI=1S/C17H10F8N2O3S/c18-15(19)4-3-11-13(14(15)28)12(31(29,30)17(23,24)25)7-27(11)9-2-1-8(6-26)10(5-9)16(20,21)22/h1-2,5,7,14,28H,3-4H2/t14-/m0/s1. The number of nitriles is 1. The Bertz CT molecular complexity index is 1190. The molecule has 0 unspecified atom stereocenters. The number of aliphatic hydroxyl groups is 1. The number of rotatable bonds is 2. The Morgan fingerprint density at radius 1 is 1.16 bits per heavy atom. The average molecular weight is 474 g/mol. The van der Waals surface area contributed by atoms with E-state index in [2.05, 4.69) is 0 Å². The van der Waals surface area contributed by atoms with E-state index in [4.69, 9.17) is 5.26 Å². The molecule has 1 atom stereocenters. The van der Waals surface area contributed by atoms with Crippen LogP contribution in [0.15, 0.2) is 29.3 Å². The minimum absolute atomic E-state index is 0.250. The van der Waals surface area contributed by atoms with Crippen LogP contribution < -0.4 is 0 Å². The van der Waals surface area contributed by atoms with Gasteiger partial charge in [-0.3, -0.25) is 0 Å². The molecule has 1 aliphatic rings. The molecule has 1 aromatic carbocycles. The molecule has 0 aliphatic heterocycles. The Morgan fingerprint density at radius 3 is 2.29 bits per heavy atom. The van der Waals surface area contributed by atoms with E-state index < -0.39 is 79.4 Å². The number of alkyl halides is 8. The van der Waals surface area contributed by atoms with Gasteiger partial charge in [0.05, 0.1) is 17.2 Å². The molecular formula is C17H10F8N2O3S. The third-order valence-electron chi connectivity index (χ3n) is 4.78. The smallest absolute Gasteiger partial charge is 0.382 e. The summed E-state index contributed by atoms with van der Waals surface area (Å²) < 4.78 is 131. The van der Waals surface area contributed by atoms with E-state index in [0.29, 0.717) is 16.7 Å². The fraction of sp³-hybridized carbons (Fsp3) is 0.353. The summed E-state index contributed by atoms with van der Waals surface area (Å²) in [7, 11) is -6.23. The van der Waals surface area contributed by atoms with Crippen LogP contribution in [0.5, 0.6) is 0 Å². The number of nitrogens with zero attached hydrogens (tertiary/aromatic N) is 2. The maximum Gasteiger partial charge on any atom is 0.501 e. The van der Waals surface area contributed by atoms with Gasteiger partial charge in [-0.05, 0) is 24.6 Å². The van der Waals surface area contributed by atoms with Crippen LogP contribution >= 0.6 is 0 Å². The lowest BCUT2D eigenvalue weighted by Gasteiger charge is -2.29. The molecule has 0 bridgehead atoms. The lowest BCUT2D eigenvalue weighted by atomic mass is 9.91. The second kappa shape index (κ2) is 6.92. The molecule has 14 heteroatoms. The number of sulfone groups is 1.